The van der Waals surface area contributed by atoms with Gasteiger partial charge in [0.15, 0.2) is 0 Å². The summed E-state index contributed by atoms with van der Waals surface area (Å²) < 4.78 is 12.3. The lowest BCUT2D eigenvalue weighted by Gasteiger charge is -2.09. The van der Waals surface area contributed by atoms with Crippen LogP contribution in [0.25, 0.3) is 0 Å². The van der Waals surface area contributed by atoms with E-state index in [0.717, 1.165) is 8.95 Å². The van der Waals surface area contributed by atoms with Crippen LogP contribution in [-0.4, -0.2) is 18.2 Å². The lowest BCUT2D eigenvalue weighted by Crippen LogP contribution is -2.00. The van der Waals surface area contributed by atoms with E-state index in [0.29, 0.717) is 25.0 Å². The van der Waals surface area contributed by atoms with Gasteiger partial charge >= 0.3 is 0 Å². The Labute approximate surface area is 100 Å². The van der Waals surface area contributed by atoms with Gasteiger partial charge in [-0.05, 0) is 51.8 Å². The fourth-order valence-electron chi connectivity index (χ4n) is 0.910. The van der Waals surface area contributed by atoms with Crippen molar-refractivity contribution in [3.63, 3.8) is 0 Å². The lowest BCUT2D eigenvalue weighted by atomic mass is 10.5. The topological polar surface area (TPSA) is 31.4 Å². The van der Waals surface area contributed by atoms with E-state index in [4.69, 9.17) is 9.47 Å². The van der Waals surface area contributed by atoms with Crippen LogP contribution in [-0.2, 0) is 0 Å². The zero-order chi connectivity index (χ0) is 10.6. The second-order valence-corrected chi connectivity index (χ2v) is 4.14. The molecule has 0 atom stereocenters. The highest BCUT2D eigenvalue weighted by Gasteiger charge is 2.09. The molecule has 5 heteroatoms. The highest BCUT2D eigenvalue weighted by Crippen LogP contribution is 2.32. The highest BCUT2D eigenvalue weighted by atomic mass is 79.9. The first-order chi connectivity index (χ1) is 6.69. The Hall–Kier alpha value is -0.290. The minimum atomic E-state index is 0.555. The summed E-state index contributed by atoms with van der Waals surface area (Å²) in [5, 5.41) is 0. The minimum absolute atomic E-state index is 0.555. The average Bonchev–Trinajstić information content (AvgIpc) is 2.14. The number of ether oxygens (including phenoxy) is 2. The van der Waals surface area contributed by atoms with Crippen LogP contribution in [0.2, 0.25) is 0 Å². The summed E-state index contributed by atoms with van der Waals surface area (Å²) in [5.74, 6) is 1.11. The van der Waals surface area contributed by atoms with E-state index in [1.54, 1.807) is 0 Å². The fourth-order valence-corrected chi connectivity index (χ4v) is 2.08. The molecule has 0 saturated carbocycles. The Morgan fingerprint density at radius 3 is 1.86 bits per heavy atom. The van der Waals surface area contributed by atoms with Gasteiger partial charge in [-0.15, -0.1) is 0 Å². The quantitative estimate of drug-likeness (QED) is 0.850. The predicted octanol–water partition coefficient (Wildman–Crippen LogP) is 3.40. The molecule has 0 aliphatic heterocycles. The van der Waals surface area contributed by atoms with Crippen LogP contribution < -0.4 is 9.47 Å². The standard InChI is InChI=1S/C9H11Br2NO2/c1-3-13-8-6(10)5-7(11)9(12-8)14-4-2/h5H,3-4H2,1-2H3. The van der Waals surface area contributed by atoms with Crippen molar-refractivity contribution in [3.05, 3.63) is 15.0 Å². The summed E-state index contributed by atoms with van der Waals surface area (Å²) in [4.78, 5) is 4.21. The highest BCUT2D eigenvalue weighted by molar-refractivity contribution is 9.11. The van der Waals surface area contributed by atoms with Gasteiger partial charge in [0, 0.05) is 0 Å². The first-order valence-electron chi connectivity index (χ1n) is 4.30. The van der Waals surface area contributed by atoms with Crippen LogP contribution in [0.5, 0.6) is 11.8 Å². The van der Waals surface area contributed by atoms with Crippen molar-refractivity contribution in [1.29, 1.82) is 0 Å². The summed E-state index contributed by atoms with van der Waals surface area (Å²) in [6, 6.07) is 1.86. The molecule has 0 bridgehead atoms. The molecule has 0 fully saturated rings. The number of halogens is 2. The van der Waals surface area contributed by atoms with Crippen molar-refractivity contribution >= 4 is 31.9 Å². The summed E-state index contributed by atoms with van der Waals surface area (Å²) in [7, 11) is 0. The van der Waals surface area contributed by atoms with Gasteiger partial charge in [0.1, 0.15) is 0 Å². The molecule has 0 saturated heterocycles. The average molecular weight is 325 g/mol. The first kappa shape index (κ1) is 11.8. The summed E-state index contributed by atoms with van der Waals surface area (Å²) in [6.45, 7) is 4.99. The molecule has 0 aliphatic rings. The number of pyridine rings is 1. The first-order valence-corrected chi connectivity index (χ1v) is 5.89. The van der Waals surface area contributed by atoms with Crippen molar-refractivity contribution in [2.45, 2.75) is 13.8 Å². The third kappa shape index (κ3) is 2.85. The van der Waals surface area contributed by atoms with Gasteiger partial charge in [-0.1, -0.05) is 0 Å². The molecule has 14 heavy (non-hydrogen) atoms. The SMILES string of the molecule is CCOc1nc(OCC)c(Br)cc1Br. The largest absolute Gasteiger partial charge is 0.477 e. The third-order valence-corrected chi connectivity index (χ3v) is 2.56. The van der Waals surface area contributed by atoms with Crippen LogP contribution in [0.15, 0.2) is 15.0 Å². The molecule has 3 nitrogen and oxygen atoms in total. The maximum absolute atomic E-state index is 5.32. The molecule has 0 spiro atoms. The molecular formula is C9H11Br2NO2. The van der Waals surface area contributed by atoms with E-state index in [-0.39, 0.29) is 0 Å². The van der Waals surface area contributed by atoms with Gasteiger partial charge in [-0.25, -0.2) is 0 Å². The van der Waals surface area contributed by atoms with Gasteiger partial charge in [-0.2, -0.15) is 4.98 Å². The van der Waals surface area contributed by atoms with Gasteiger partial charge in [0.05, 0.1) is 22.2 Å². The predicted molar refractivity (Wildman–Crippen MR) is 62.0 cm³/mol. The van der Waals surface area contributed by atoms with Gasteiger partial charge in [-0.3, -0.25) is 0 Å². The maximum Gasteiger partial charge on any atom is 0.231 e. The van der Waals surface area contributed by atoms with Gasteiger partial charge < -0.3 is 9.47 Å². The molecule has 0 radical (unpaired) electrons. The second kappa shape index (κ2) is 5.56. The van der Waals surface area contributed by atoms with Crippen LogP contribution in [0, 0.1) is 0 Å². The Bertz CT molecular complexity index is 291. The van der Waals surface area contributed by atoms with E-state index in [1.165, 1.54) is 0 Å². The Balaban J connectivity index is 3.00. The molecular weight excluding hydrogens is 314 g/mol. The lowest BCUT2D eigenvalue weighted by molar-refractivity contribution is 0.296. The fraction of sp³-hybridized carbons (Fsp3) is 0.444. The smallest absolute Gasteiger partial charge is 0.231 e. The number of hydrogen-bond acceptors (Lipinski definition) is 3. The Morgan fingerprint density at radius 1 is 1.07 bits per heavy atom. The molecule has 0 aromatic carbocycles. The molecule has 1 heterocycles. The van der Waals surface area contributed by atoms with Crippen molar-refractivity contribution < 1.29 is 9.47 Å². The number of nitrogens with zero attached hydrogens (tertiary/aromatic N) is 1. The summed E-state index contributed by atoms with van der Waals surface area (Å²) in [6.07, 6.45) is 0. The van der Waals surface area contributed by atoms with E-state index >= 15 is 0 Å². The molecule has 0 aliphatic carbocycles. The van der Waals surface area contributed by atoms with E-state index in [2.05, 4.69) is 36.8 Å². The van der Waals surface area contributed by atoms with Crippen molar-refractivity contribution in [3.8, 4) is 11.8 Å². The van der Waals surface area contributed by atoms with E-state index in [9.17, 15) is 0 Å². The van der Waals surface area contributed by atoms with Crippen molar-refractivity contribution in [2.24, 2.45) is 0 Å². The minimum Gasteiger partial charge on any atom is -0.477 e. The molecule has 1 rings (SSSR count). The molecule has 0 N–H and O–H groups in total. The summed E-state index contributed by atoms with van der Waals surface area (Å²) in [5.41, 5.74) is 0. The van der Waals surface area contributed by atoms with Crippen molar-refractivity contribution in [2.75, 3.05) is 13.2 Å². The normalized spacial score (nSPS) is 10.0. The van der Waals surface area contributed by atoms with Gasteiger partial charge in [0.2, 0.25) is 11.8 Å². The van der Waals surface area contributed by atoms with Crippen LogP contribution in [0.1, 0.15) is 13.8 Å². The second-order valence-electron chi connectivity index (χ2n) is 2.43. The van der Waals surface area contributed by atoms with Gasteiger partial charge in [0.25, 0.3) is 0 Å². The summed E-state index contributed by atoms with van der Waals surface area (Å²) >= 11 is 6.72. The molecule has 78 valence electrons. The van der Waals surface area contributed by atoms with E-state index < -0.39 is 0 Å². The Morgan fingerprint density at radius 2 is 1.50 bits per heavy atom. The number of rotatable bonds is 4. The number of hydrogen-bond donors (Lipinski definition) is 0. The molecule has 0 unspecified atom stereocenters. The van der Waals surface area contributed by atoms with Crippen LogP contribution in [0.3, 0.4) is 0 Å². The van der Waals surface area contributed by atoms with Crippen LogP contribution in [0.4, 0.5) is 0 Å². The van der Waals surface area contributed by atoms with E-state index in [1.807, 2.05) is 19.9 Å². The molecule has 0 amide bonds. The van der Waals surface area contributed by atoms with Crippen LogP contribution >= 0.6 is 31.9 Å². The molecule has 1 aromatic heterocycles. The monoisotopic (exact) mass is 323 g/mol. The third-order valence-electron chi connectivity index (χ3n) is 1.43. The maximum atomic E-state index is 5.32. The molecule has 1 aromatic rings. The zero-order valence-corrected chi connectivity index (χ0v) is 11.2. The number of aromatic nitrogens is 1. The zero-order valence-electron chi connectivity index (χ0n) is 8.01. The Kier molecular flexibility index (Phi) is 4.68. The van der Waals surface area contributed by atoms with Crippen molar-refractivity contribution in [1.82, 2.24) is 4.98 Å².